The van der Waals surface area contributed by atoms with Gasteiger partial charge in [-0.15, -0.1) is 0 Å². The number of hydrogen-bond donors (Lipinski definition) is 0. The second kappa shape index (κ2) is 17.8. The van der Waals surface area contributed by atoms with E-state index in [1.807, 2.05) is 0 Å². The van der Waals surface area contributed by atoms with Gasteiger partial charge in [-0.1, -0.05) is 121 Å². The molecule has 1 aromatic carbocycles. The standard InChI is InChI=1S/C27H47N/c1-4-5-6-7-8-9-10-11-12-13-14-15-16-17-18-19-20-21-26-22-24-27(25-23-26)28(2)3/h20-25H,4-19H2,1-3H3/b21-20+. The van der Waals surface area contributed by atoms with E-state index in [-0.39, 0.29) is 0 Å². The molecule has 0 aliphatic carbocycles. The molecule has 1 heteroatoms. The Morgan fingerprint density at radius 2 is 1.04 bits per heavy atom. The van der Waals surface area contributed by atoms with Crippen molar-refractivity contribution >= 4 is 11.8 Å². The maximum Gasteiger partial charge on any atom is 0.0361 e. The Balaban J connectivity index is 1.84. The van der Waals surface area contributed by atoms with Gasteiger partial charge in [-0.2, -0.15) is 0 Å². The summed E-state index contributed by atoms with van der Waals surface area (Å²) in [6, 6.07) is 8.79. The van der Waals surface area contributed by atoms with Gasteiger partial charge in [-0.3, -0.25) is 0 Å². The van der Waals surface area contributed by atoms with Gasteiger partial charge in [0, 0.05) is 19.8 Å². The summed E-state index contributed by atoms with van der Waals surface area (Å²) in [5.41, 5.74) is 2.58. The highest BCUT2D eigenvalue weighted by molar-refractivity contribution is 5.55. The number of unbranched alkanes of at least 4 members (excludes halogenated alkanes) is 15. The van der Waals surface area contributed by atoms with Gasteiger partial charge in [-0.05, 0) is 30.5 Å². The molecule has 1 nitrogen and oxygen atoms in total. The van der Waals surface area contributed by atoms with Crippen LogP contribution >= 0.6 is 0 Å². The zero-order valence-electron chi connectivity index (χ0n) is 19.2. The van der Waals surface area contributed by atoms with Crippen LogP contribution in [0, 0.1) is 0 Å². The van der Waals surface area contributed by atoms with Gasteiger partial charge in [-0.25, -0.2) is 0 Å². The maximum atomic E-state index is 2.34. The van der Waals surface area contributed by atoms with Crippen molar-refractivity contribution in [3.63, 3.8) is 0 Å². The summed E-state index contributed by atoms with van der Waals surface area (Å²) in [6.45, 7) is 2.30. The molecule has 0 amide bonds. The predicted octanol–water partition coefficient (Wildman–Crippen LogP) is 9.03. The first kappa shape index (κ1) is 24.8. The molecule has 28 heavy (non-hydrogen) atoms. The SMILES string of the molecule is CCCCCCCCCCCCCCCCC/C=C/c1ccc(N(C)C)cc1. The lowest BCUT2D eigenvalue weighted by molar-refractivity contribution is 0.533. The highest BCUT2D eigenvalue weighted by Gasteiger charge is 1.95. The van der Waals surface area contributed by atoms with Crippen molar-refractivity contribution < 1.29 is 0 Å². The summed E-state index contributed by atoms with van der Waals surface area (Å²) in [7, 11) is 4.17. The van der Waals surface area contributed by atoms with E-state index in [0.29, 0.717) is 0 Å². The Morgan fingerprint density at radius 3 is 1.46 bits per heavy atom. The van der Waals surface area contributed by atoms with Crippen molar-refractivity contribution in [3.05, 3.63) is 35.9 Å². The molecule has 0 fully saturated rings. The molecule has 1 aromatic rings. The second-order valence-electron chi connectivity index (χ2n) is 8.63. The average Bonchev–Trinajstić information content (AvgIpc) is 2.70. The molecule has 0 heterocycles. The van der Waals surface area contributed by atoms with Crippen molar-refractivity contribution in [2.45, 2.75) is 110 Å². The van der Waals surface area contributed by atoms with E-state index in [1.54, 1.807) is 0 Å². The Kier molecular flexibility index (Phi) is 15.8. The van der Waals surface area contributed by atoms with Crippen molar-refractivity contribution in [2.75, 3.05) is 19.0 Å². The van der Waals surface area contributed by atoms with Crippen LogP contribution in [0.3, 0.4) is 0 Å². The highest BCUT2D eigenvalue weighted by Crippen LogP contribution is 2.15. The van der Waals surface area contributed by atoms with Crippen molar-refractivity contribution in [3.8, 4) is 0 Å². The molecule has 0 spiro atoms. The molecule has 0 unspecified atom stereocenters. The van der Waals surface area contributed by atoms with Gasteiger partial charge < -0.3 is 4.90 Å². The van der Waals surface area contributed by atoms with E-state index in [4.69, 9.17) is 0 Å². The van der Waals surface area contributed by atoms with Crippen LogP contribution < -0.4 is 4.90 Å². The number of benzene rings is 1. The molecule has 0 radical (unpaired) electrons. The van der Waals surface area contributed by atoms with E-state index >= 15 is 0 Å². The number of hydrogen-bond acceptors (Lipinski definition) is 1. The van der Waals surface area contributed by atoms with Crippen LogP contribution in [0.4, 0.5) is 5.69 Å². The number of nitrogens with zero attached hydrogens (tertiary/aromatic N) is 1. The first-order chi connectivity index (χ1) is 13.7. The molecule has 0 aliphatic rings. The minimum Gasteiger partial charge on any atom is -0.378 e. The molecule has 0 aromatic heterocycles. The molecule has 0 atom stereocenters. The zero-order chi connectivity index (χ0) is 20.3. The maximum absolute atomic E-state index is 2.34. The lowest BCUT2D eigenvalue weighted by Crippen LogP contribution is -2.07. The molecular weight excluding hydrogens is 338 g/mol. The molecule has 0 saturated carbocycles. The average molecular weight is 386 g/mol. The van der Waals surface area contributed by atoms with Crippen molar-refractivity contribution in [2.24, 2.45) is 0 Å². The first-order valence-corrected chi connectivity index (χ1v) is 12.2. The van der Waals surface area contributed by atoms with Crippen LogP contribution in [-0.4, -0.2) is 14.1 Å². The molecule has 1 rings (SSSR count). The zero-order valence-corrected chi connectivity index (χ0v) is 19.2. The smallest absolute Gasteiger partial charge is 0.0361 e. The lowest BCUT2D eigenvalue weighted by atomic mass is 10.0. The third-order valence-corrected chi connectivity index (χ3v) is 5.69. The third-order valence-electron chi connectivity index (χ3n) is 5.69. The fourth-order valence-electron chi connectivity index (χ4n) is 3.74. The summed E-state index contributed by atoms with van der Waals surface area (Å²) in [6.07, 6.45) is 27.4. The van der Waals surface area contributed by atoms with E-state index in [2.05, 4.69) is 62.3 Å². The van der Waals surface area contributed by atoms with Crippen molar-refractivity contribution in [1.82, 2.24) is 0 Å². The fourth-order valence-corrected chi connectivity index (χ4v) is 3.74. The number of anilines is 1. The van der Waals surface area contributed by atoms with E-state index < -0.39 is 0 Å². The normalized spacial score (nSPS) is 11.4. The first-order valence-electron chi connectivity index (χ1n) is 12.2. The Bertz CT molecular complexity index is 472. The Morgan fingerprint density at radius 1 is 0.607 bits per heavy atom. The van der Waals surface area contributed by atoms with E-state index in [9.17, 15) is 0 Å². The minimum absolute atomic E-state index is 1.22. The predicted molar refractivity (Wildman–Crippen MR) is 129 cm³/mol. The molecule has 0 aliphatic heterocycles. The monoisotopic (exact) mass is 385 g/mol. The molecular formula is C27H47N. The number of allylic oxidation sites excluding steroid dienone is 1. The van der Waals surface area contributed by atoms with Crippen molar-refractivity contribution in [1.29, 1.82) is 0 Å². The molecule has 0 saturated heterocycles. The molecule has 160 valence electrons. The Labute approximate surface area is 176 Å². The summed E-state index contributed by atoms with van der Waals surface area (Å²) in [5, 5.41) is 0. The summed E-state index contributed by atoms with van der Waals surface area (Å²) < 4.78 is 0. The molecule has 0 bridgehead atoms. The van der Waals surface area contributed by atoms with Crippen LogP contribution in [0.15, 0.2) is 30.3 Å². The van der Waals surface area contributed by atoms with E-state index in [1.165, 1.54) is 114 Å². The number of rotatable bonds is 18. The second-order valence-corrected chi connectivity index (χ2v) is 8.63. The van der Waals surface area contributed by atoms with Gasteiger partial charge in [0.15, 0.2) is 0 Å². The fraction of sp³-hybridized carbons (Fsp3) is 0.704. The summed E-state index contributed by atoms with van der Waals surface area (Å²) in [5.74, 6) is 0. The van der Waals surface area contributed by atoms with Gasteiger partial charge >= 0.3 is 0 Å². The molecule has 0 N–H and O–H groups in total. The largest absolute Gasteiger partial charge is 0.378 e. The van der Waals surface area contributed by atoms with Gasteiger partial charge in [0.05, 0.1) is 0 Å². The summed E-state index contributed by atoms with van der Waals surface area (Å²) in [4.78, 5) is 2.14. The van der Waals surface area contributed by atoms with Crippen LogP contribution in [0.5, 0.6) is 0 Å². The lowest BCUT2D eigenvalue weighted by Gasteiger charge is -2.11. The Hall–Kier alpha value is -1.24. The summed E-state index contributed by atoms with van der Waals surface area (Å²) >= 11 is 0. The van der Waals surface area contributed by atoms with E-state index in [0.717, 1.165) is 0 Å². The minimum atomic E-state index is 1.22. The van der Waals surface area contributed by atoms with Crippen LogP contribution in [0.1, 0.15) is 115 Å². The highest BCUT2D eigenvalue weighted by atomic mass is 15.1. The van der Waals surface area contributed by atoms with Gasteiger partial charge in [0.2, 0.25) is 0 Å². The topological polar surface area (TPSA) is 3.24 Å². The third kappa shape index (κ3) is 13.9. The van der Waals surface area contributed by atoms with Crippen LogP contribution in [-0.2, 0) is 0 Å². The van der Waals surface area contributed by atoms with Gasteiger partial charge in [0.1, 0.15) is 0 Å². The van der Waals surface area contributed by atoms with Crippen LogP contribution in [0.2, 0.25) is 0 Å². The quantitative estimate of drug-likeness (QED) is 0.228. The van der Waals surface area contributed by atoms with Gasteiger partial charge in [0.25, 0.3) is 0 Å². The van der Waals surface area contributed by atoms with Crippen LogP contribution in [0.25, 0.3) is 6.08 Å².